The lowest BCUT2D eigenvalue weighted by molar-refractivity contribution is -0.152. The van der Waals surface area contributed by atoms with E-state index >= 15 is 0 Å². The van der Waals surface area contributed by atoms with Gasteiger partial charge in [-0.25, -0.2) is 9.37 Å². The first kappa shape index (κ1) is 19.3. The molecule has 1 aromatic carbocycles. The highest BCUT2D eigenvalue weighted by Gasteiger charge is 2.19. The van der Waals surface area contributed by atoms with Gasteiger partial charge in [0.05, 0.1) is 10.6 Å². The van der Waals surface area contributed by atoms with Crippen molar-refractivity contribution in [2.24, 2.45) is 0 Å². The zero-order chi connectivity index (χ0) is 19.1. The summed E-state index contributed by atoms with van der Waals surface area (Å²) in [5.74, 6) is -2.67. The number of carbonyl (C=O) groups excluding carboxylic acids is 3. The molecule has 0 radical (unpaired) electrons. The van der Waals surface area contributed by atoms with Crippen molar-refractivity contribution in [1.82, 2.24) is 10.3 Å². The maximum Gasteiger partial charge on any atom is 0.326 e. The van der Waals surface area contributed by atoms with Gasteiger partial charge in [0.2, 0.25) is 0 Å². The lowest BCUT2D eigenvalue weighted by Gasteiger charge is -2.13. The Balaban J connectivity index is 1.81. The number of benzene rings is 1. The first-order chi connectivity index (χ1) is 12.4. The van der Waals surface area contributed by atoms with Crippen LogP contribution in [0.1, 0.15) is 17.3 Å². The van der Waals surface area contributed by atoms with Crippen LogP contribution >= 0.6 is 11.6 Å². The van der Waals surface area contributed by atoms with E-state index in [-0.39, 0.29) is 11.4 Å². The van der Waals surface area contributed by atoms with Crippen molar-refractivity contribution in [3.05, 3.63) is 59.0 Å². The third kappa shape index (κ3) is 5.52. The summed E-state index contributed by atoms with van der Waals surface area (Å²) in [4.78, 5) is 39.4. The highest BCUT2D eigenvalue weighted by molar-refractivity contribution is 6.30. The number of anilines is 1. The SMILES string of the molecule is C[C@@H](OC(=O)CNC(=O)c1ccccc1F)C(=O)Nc1ccc(Cl)cn1. The monoisotopic (exact) mass is 379 g/mol. The van der Waals surface area contributed by atoms with Crippen LogP contribution in [0.15, 0.2) is 42.6 Å². The molecule has 0 saturated carbocycles. The molecule has 26 heavy (non-hydrogen) atoms. The second kappa shape index (κ2) is 8.91. The van der Waals surface area contributed by atoms with Crippen LogP contribution < -0.4 is 10.6 Å². The van der Waals surface area contributed by atoms with Crippen LogP contribution in [0, 0.1) is 5.82 Å². The number of ether oxygens (including phenoxy) is 1. The van der Waals surface area contributed by atoms with Gasteiger partial charge >= 0.3 is 5.97 Å². The average molecular weight is 380 g/mol. The van der Waals surface area contributed by atoms with Crippen LogP contribution in [0.3, 0.4) is 0 Å². The minimum atomic E-state index is -1.12. The number of hydrogen-bond acceptors (Lipinski definition) is 5. The Kier molecular flexibility index (Phi) is 6.62. The molecule has 0 saturated heterocycles. The summed E-state index contributed by atoms with van der Waals surface area (Å²) in [7, 11) is 0. The van der Waals surface area contributed by atoms with Gasteiger partial charge in [0.1, 0.15) is 18.2 Å². The van der Waals surface area contributed by atoms with Gasteiger partial charge in [-0.1, -0.05) is 23.7 Å². The molecule has 0 spiro atoms. The van der Waals surface area contributed by atoms with E-state index in [4.69, 9.17) is 16.3 Å². The van der Waals surface area contributed by atoms with Gasteiger partial charge in [0, 0.05) is 6.20 Å². The molecule has 0 bridgehead atoms. The number of nitrogens with zero attached hydrogens (tertiary/aromatic N) is 1. The number of rotatable bonds is 6. The van der Waals surface area contributed by atoms with Crippen LogP contribution in [-0.4, -0.2) is 35.4 Å². The molecule has 1 aromatic heterocycles. The van der Waals surface area contributed by atoms with Crippen molar-refractivity contribution in [2.45, 2.75) is 13.0 Å². The van der Waals surface area contributed by atoms with E-state index in [0.717, 1.165) is 6.07 Å². The van der Waals surface area contributed by atoms with Crippen LogP contribution in [0.25, 0.3) is 0 Å². The van der Waals surface area contributed by atoms with Gasteiger partial charge in [-0.15, -0.1) is 0 Å². The summed E-state index contributed by atoms with van der Waals surface area (Å²) in [6, 6.07) is 8.38. The van der Waals surface area contributed by atoms with Gasteiger partial charge in [0.15, 0.2) is 6.10 Å². The zero-order valence-electron chi connectivity index (χ0n) is 13.7. The highest BCUT2D eigenvalue weighted by atomic mass is 35.5. The van der Waals surface area contributed by atoms with E-state index < -0.39 is 36.2 Å². The summed E-state index contributed by atoms with van der Waals surface area (Å²) < 4.78 is 18.4. The van der Waals surface area contributed by atoms with Crippen molar-refractivity contribution < 1.29 is 23.5 Å². The number of pyridine rings is 1. The number of aromatic nitrogens is 1. The lowest BCUT2D eigenvalue weighted by Crippen LogP contribution is -2.36. The Bertz CT molecular complexity index is 814. The van der Waals surface area contributed by atoms with Gasteiger partial charge in [-0.05, 0) is 31.2 Å². The number of carbonyl (C=O) groups is 3. The molecule has 0 aliphatic heterocycles. The zero-order valence-corrected chi connectivity index (χ0v) is 14.4. The fraction of sp³-hybridized carbons (Fsp3) is 0.176. The second-order valence-corrected chi connectivity index (χ2v) is 5.58. The maximum atomic E-state index is 13.5. The molecule has 2 amide bonds. The minimum Gasteiger partial charge on any atom is -0.451 e. The van der Waals surface area contributed by atoms with Crippen molar-refractivity contribution in [1.29, 1.82) is 0 Å². The molecule has 1 heterocycles. The quantitative estimate of drug-likeness (QED) is 0.750. The number of halogens is 2. The predicted octanol–water partition coefficient (Wildman–Crippen LogP) is 2.17. The molecule has 0 aliphatic carbocycles. The van der Waals surface area contributed by atoms with Crippen LogP contribution in [0.4, 0.5) is 10.2 Å². The first-order valence-electron chi connectivity index (χ1n) is 7.51. The van der Waals surface area contributed by atoms with Crippen LogP contribution in [0.2, 0.25) is 5.02 Å². The average Bonchev–Trinajstić information content (AvgIpc) is 2.62. The number of esters is 1. The molecular weight excluding hydrogens is 365 g/mol. The lowest BCUT2D eigenvalue weighted by atomic mass is 10.2. The molecule has 1 atom stereocenters. The van der Waals surface area contributed by atoms with Crippen molar-refractivity contribution in [3.63, 3.8) is 0 Å². The molecule has 0 fully saturated rings. The van der Waals surface area contributed by atoms with Gasteiger partial charge < -0.3 is 15.4 Å². The molecule has 0 aliphatic rings. The standard InChI is InChI=1S/C17H15ClFN3O4/c1-10(16(24)22-14-7-6-11(18)8-20-14)26-15(23)9-21-17(25)12-4-2-3-5-13(12)19/h2-8,10H,9H2,1H3,(H,21,25)(H,20,22,24)/t10-/m1/s1. The topological polar surface area (TPSA) is 97.4 Å². The summed E-state index contributed by atoms with van der Waals surface area (Å²) in [5.41, 5.74) is -0.195. The molecule has 0 unspecified atom stereocenters. The Hall–Kier alpha value is -3.00. The van der Waals surface area contributed by atoms with E-state index in [2.05, 4.69) is 15.6 Å². The van der Waals surface area contributed by atoms with E-state index in [1.807, 2.05) is 0 Å². The van der Waals surface area contributed by atoms with E-state index in [1.54, 1.807) is 6.07 Å². The van der Waals surface area contributed by atoms with Crippen molar-refractivity contribution in [2.75, 3.05) is 11.9 Å². The third-order valence-electron chi connectivity index (χ3n) is 3.17. The van der Waals surface area contributed by atoms with Crippen LogP contribution in [-0.2, 0) is 14.3 Å². The molecule has 2 N–H and O–H groups in total. The van der Waals surface area contributed by atoms with E-state index in [1.165, 1.54) is 37.4 Å². The molecule has 7 nitrogen and oxygen atoms in total. The Morgan fingerprint density at radius 2 is 1.96 bits per heavy atom. The largest absolute Gasteiger partial charge is 0.451 e. The summed E-state index contributed by atoms with van der Waals surface area (Å²) in [6.07, 6.45) is 0.233. The maximum absolute atomic E-state index is 13.5. The number of hydrogen-bond donors (Lipinski definition) is 2. The van der Waals surface area contributed by atoms with Crippen molar-refractivity contribution in [3.8, 4) is 0 Å². The van der Waals surface area contributed by atoms with Crippen molar-refractivity contribution >= 4 is 35.2 Å². The second-order valence-electron chi connectivity index (χ2n) is 5.15. The summed E-state index contributed by atoms with van der Waals surface area (Å²) >= 11 is 5.69. The molecule has 2 rings (SSSR count). The summed E-state index contributed by atoms with van der Waals surface area (Å²) in [6.45, 7) is 0.853. The fourth-order valence-electron chi connectivity index (χ4n) is 1.86. The number of nitrogens with one attached hydrogen (secondary N) is 2. The molecular formula is C17H15ClFN3O4. The Morgan fingerprint density at radius 3 is 2.62 bits per heavy atom. The third-order valence-corrected chi connectivity index (χ3v) is 3.39. The molecule has 2 aromatic rings. The van der Waals surface area contributed by atoms with E-state index in [9.17, 15) is 18.8 Å². The fourth-order valence-corrected chi connectivity index (χ4v) is 1.97. The Labute approximate surface area is 153 Å². The van der Waals surface area contributed by atoms with Crippen LogP contribution in [0.5, 0.6) is 0 Å². The molecule has 136 valence electrons. The Morgan fingerprint density at radius 1 is 1.23 bits per heavy atom. The van der Waals surface area contributed by atoms with E-state index in [0.29, 0.717) is 5.02 Å². The predicted molar refractivity (Wildman–Crippen MR) is 92.2 cm³/mol. The minimum absolute atomic E-state index is 0.195. The molecule has 9 heteroatoms. The number of amides is 2. The van der Waals surface area contributed by atoms with Gasteiger partial charge in [-0.3, -0.25) is 14.4 Å². The smallest absolute Gasteiger partial charge is 0.326 e. The first-order valence-corrected chi connectivity index (χ1v) is 7.89. The summed E-state index contributed by atoms with van der Waals surface area (Å²) in [5, 5.41) is 5.09. The van der Waals surface area contributed by atoms with Gasteiger partial charge in [-0.2, -0.15) is 0 Å². The highest BCUT2D eigenvalue weighted by Crippen LogP contribution is 2.10. The van der Waals surface area contributed by atoms with Gasteiger partial charge in [0.25, 0.3) is 11.8 Å². The normalized spacial score (nSPS) is 11.3.